The lowest BCUT2D eigenvalue weighted by atomic mass is 10.3. The van der Waals surface area contributed by atoms with Crippen LogP contribution in [0.5, 0.6) is 0 Å². The molecule has 0 saturated heterocycles. The Balaban J connectivity index is 1.97. The van der Waals surface area contributed by atoms with Crippen molar-refractivity contribution in [2.24, 2.45) is 0 Å². The number of imidazole rings is 1. The second-order valence-electron chi connectivity index (χ2n) is 3.42. The fraction of sp³-hybridized carbons (Fsp3) is 0.364. The summed E-state index contributed by atoms with van der Waals surface area (Å²) in [6.45, 7) is 1.89. The van der Waals surface area contributed by atoms with Crippen molar-refractivity contribution in [3.05, 3.63) is 30.1 Å². The first-order valence-corrected chi connectivity index (χ1v) is 5.78. The van der Waals surface area contributed by atoms with Crippen LogP contribution in [0, 0.1) is 0 Å². The van der Waals surface area contributed by atoms with Crippen LogP contribution in [-0.4, -0.2) is 28.8 Å². The molecule has 0 aliphatic carbocycles. The van der Waals surface area contributed by atoms with Crippen molar-refractivity contribution in [3.63, 3.8) is 0 Å². The van der Waals surface area contributed by atoms with Gasteiger partial charge in [-0.15, -0.1) is 0 Å². The van der Waals surface area contributed by atoms with Gasteiger partial charge in [0, 0.05) is 25.3 Å². The maximum Gasteiger partial charge on any atom is 0.108 e. The maximum atomic E-state index is 4.50. The van der Waals surface area contributed by atoms with Crippen LogP contribution in [0.1, 0.15) is 5.82 Å². The molecule has 2 N–H and O–H groups in total. The van der Waals surface area contributed by atoms with Gasteiger partial charge in [0.25, 0.3) is 0 Å². The molecule has 2 rings (SSSR count). The third-order valence-corrected chi connectivity index (χ3v) is 2.49. The fourth-order valence-electron chi connectivity index (χ4n) is 1.53. The number of para-hydroxylation sites is 2. The summed E-state index contributed by atoms with van der Waals surface area (Å²) >= 11 is 4.14. The highest BCUT2D eigenvalue weighted by Gasteiger charge is 2.00. The smallest absolute Gasteiger partial charge is 0.108 e. The van der Waals surface area contributed by atoms with Crippen molar-refractivity contribution in [2.75, 3.05) is 18.8 Å². The third kappa shape index (κ3) is 2.73. The van der Waals surface area contributed by atoms with Gasteiger partial charge in [-0.25, -0.2) is 4.98 Å². The van der Waals surface area contributed by atoms with Gasteiger partial charge in [-0.3, -0.25) is 0 Å². The van der Waals surface area contributed by atoms with Crippen molar-refractivity contribution < 1.29 is 0 Å². The van der Waals surface area contributed by atoms with E-state index in [4.69, 9.17) is 0 Å². The average molecular weight is 221 g/mol. The highest BCUT2D eigenvalue weighted by molar-refractivity contribution is 7.80. The Morgan fingerprint density at radius 2 is 2.13 bits per heavy atom. The van der Waals surface area contributed by atoms with Crippen molar-refractivity contribution in [1.29, 1.82) is 0 Å². The fourth-order valence-corrected chi connectivity index (χ4v) is 1.69. The third-order valence-electron chi connectivity index (χ3n) is 2.27. The zero-order valence-electron chi connectivity index (χ0n) is 8.53. The summed E-state index contributed by atoms with van der Waals surface area (Å²) in [6.07, 6.45) is 0.933. The molecule has 0 atom stereocenters. The minimum Gasteiger partial charge on any atom is -0.342 e. The summed E-state index contributed by atoms with van der Waals surface area (Å²) in [5, 5.41) is 3.29. The highest BCUT2D eigenvalue weighted by Crippen LogP contribution is 2.09. The summed E-state index contributed by atoms with van der Waals surface area (Å²) in [5.41, 5.74) is 2.16. The average Bonchev–Trinajstić information content (AvgIpc) is 2.67. The van der Waals surface area contributed by atoms with Gasteiger partial charge in [-0.2, -0.15) is 12.6 Å². The number of nitrogens with one attached hydrogen (secondary N) is 2. The minimum absolute atomic E-state index is 0.875. The lowest BCUT2D eigenvalue weighted by Crippen LogP contribution is -2.19. The molecule has 0 amide bonds. The molecule has 1 heterocycles. The molecule has 0 fully saturated rings. The number of thiol groups is 1. The molecule has 0 aliphatic rings. The van der Waals surface area contributed by atoms with Crippen LogP contribution in [0.2, 0.25) is 0 Å². The molecule has 0 bridgehead atoms. The summed E-state index contributed by atoms with van der Waals surface area (Å²) in [6, 6.07) is 8.10. The van der Waals surface area contributed by atoms with Crippen molar-refractivity contribution in [3.8, 4) is 0 Å². The summed E-state index contributed by atoms with van der Waals surface area (Å²) < 4.78 is 0. The number of fused-ring (bicyclic) bond motifs is 1. The number of aromatic amines is 1. The van der Waals surface area contributed by atoms with Crippen LogP contribution in [0.25, 0.3) is 11.0 Å². The van der Waals surface area contributed by atoms with Crippen LogP contribution < -0.4 is 5.32 Å². The van der Waals surface area contributed by atoms with E-state index in [-0.39, 0.29) is 0 Å². The molecule has 80 valence electrons. The van der Waals surface area contributed by atoms with E-state index in [0.29, 0.717) is 0 Å². The molecular weight excluding hydrogens is 206 g/mol. The Morgan fingerprint density at radius 1 is 1.27 bits per heavy atom. The van der Waals surface area contributed by atoms with Crippen LogP contribution in [0.3, 0.4) is 0 Å². The number of hydrogen-bond donors (Lipinski definition) is 3. The number of aromatic nitrogens is 2. The number of hydrogen-bond acceptors (Lipinski definition) is 3. The second-order valence-corrected chi connectivity index (χ2v) is 3.87. The van der Waals surface area contributed by atoms with Crippen LogP contribution in [0.15, 0.2) is 24.3 Å². The minimum atomic E-state index is 0.875. The SMILES string of the molecule is SCCNCCc1nc2ccccc2[nH]1. The van der Waals surface area contributed by atoms with E-state index in [0.717, 1.165) is 42.1 Å². The molecule has 15 heavy (non-hydrogen) atoms. The van der Waals surface area contributed by atoms with Gasteiger partial charge in [-0.1, -0.05) is 12.1 Å². The van der Waals surface area contributed by atoms with Crippen molar-refractivity contribution >= 4 is 23.7 Å². The number of benzene rings is 1. The maximum absolute atomic E-state index is 4.50. The molecule has 1 aromatic carbocycles. The first kappa shape index (κ1) is 10.5. The molecule has 0 radical (unpaired) electrons. The van der Waals surface area contributed by atoms with Gasteiger partial charge in [-0.05, 0) is 12.1 Å². The molecule has 0 spiro atoms. The topological polar surface area (TPSA) is 40.7 Å². The summed E-state index contributed by atoms with van der Waals surface area (Å²) in [7, 11) is 0. The lowest BCUT2D eigenvalue weighted by Gasteiger charge is -1.99. The van der Waals surface area contributed by atoms with Gasteiger partial charge >= 0.3 is 0 Å². The Bertz CT molecular complexity index is 391. The van der Waals surface area contributed by atoms with Gasteiger partial charge in [0.2, 0.25) is 0 Å². The number of rotatable bonds is 5. The summed E-state index contributed by atoms with van der Waals surface area (Å²) in [5.74, 6) is 1.92. The van der Waals surface area contributed by atoms with E-state index in [1.807, 2.05) is 24.3 Å². The first-order valence-electron chi connectivity index (χ1n) is 5.15. The molecule has 3 nitrogen and oxygen atoms in total. The number of nitrogens with zero attached hydrogens (tertiary/aromatic N) is 1. The molecular formula is C11H15N3S. The summed E-state index contributed by atoms with van der Waals surface area (Å²) in [4.78, 5) is 7.80. The monoisotopic (exact) mass is 221 g/mol. The zero-order chi connectivity index (χ0) is 10.5. The van der Waals surface area contributed by atoms with Crippen LogP contribution >= 0.6 is 12.6 Å². The second kappa shape index (κ2) is 5.19. The predicted octanol–water partition coefficient (Wildman–Crippen LogP) is 1.62. The predicted molar refractivity (Wildman–Crippen MR) is 66.5 cm³/mol. The first-order chi connectivity index (χ1) is 7.40. The lowest BCUT2D eigenvalue weighted by molar-refractivity contribution is 0.706. The van der Waals surface area contributed by atoms with E-state index >= 15 is 0 Å². The van der Waals surface area contributed by atoms with Crippen LogP contribution in [0.4, 0.5) is 0 Å². The van der Waals surface area contributed by atoms with E-state index < -0.39 is 0 Å². The highest BCUT2D eigenvalue weighted by atomic mass is 32.1. The Hall–Kier alpha value is -1.00. The van der Waals surface area contributed by atoms with Gasteiger partial charge in [0.15, 0.2) is 0 Å². The van der Waals surface area contributed by atoms with E-state index in [1.165, 1.54) is 0 Å². The van der Waals surface area contributed by atoms with Gasteiger partial charge in [0.1, 0.15) is 5.82 Å². The van der Waals surface area contributed by atoms with E-state index in [9.17, 15) is 0 Å². The van der Waals surface area contributed by atoms with Gasteiger partial charge < -0.3 is 10.3 Å². The molecule has 0 saturated carbocycles. The van der Waals surface area contributed by atoms with E-state index in [1.54, 1.807) is 0 Å². The quantitative estimate of drug-likeness (QED) is 0.530. The Morgan fingerprint density at radius 3 is 2.93 bits per heavy atom. The Kier molecular flexibility index (Phi) is 3.64. The normalized spacial score (nSPS) is 11.0. The van der Waals surface area contributed by atoms with Gasteiger partial charge in [0.05, 0.1) is 11.0 Å². The van der Waals surface area contributed by atoms with E-state index in [2.05, 4.69) is 27.9 Å². The zero-order valence-corrected chi connectivity index (χ0v) is 9.43. The Labute approximate surface area is 94.7 Å². The molecule has 4 heteroatoms. The molecule has 1 aromatic heterocycles. The van der Waals surface area contributed by atoms with Crippen molar-refractivity contribution in [2.45, 2.75) is 6.42 Å². The molecule has 0 aliphatic heterocycles. The largest absolute Gasteiger partial charge is 0.342 e. The van der Waals surface area contributed by atoms with Crippen LogP contribution in [-0.2, 0) is 6.42 Å². The molecule has 2 aromatic rings. The standard InChI is InChI=1S/C11H15N3S/c15-8-7-12-6-5-11-13-9-3-1-2-4-10(9)14-11/h1-4,12,15H,5-8H2,(H,13,14). The number of H-pyrrole nitrogens is 1. The molecule has 0 unspecified atom stereocenters. The van der Waals surface area contributed by atoms with Crippen molar-refractivity contribution in [1.82, 2.24) is 15.3 Å².